The summed E-state index contributed by atoms with van der Waals surface area (Å²) in [5, 5.41) is 0.785. The van der Waals surface area contributed by atoms with E-state index in [-0.39, 0.29) is 41.0 Å². The van der Waals surface area contributed by atoms with E-state index < -0.39 is 5.92 Å². The Morgan fingerprint density at radius 1 is 1.00 bits per heavy atom. The Hall–Kier alpha value is -3.48. The lowest BCUT2D eigenvalue weighted by molar-refractivity contribution is 0.0160. The zero-order chi connectivity index (χ0) is 26.3. The van der Waals surface area contributed by atoms with Crippen LogP contribution < -0.4 is 5.56 Å². The summed E-state index contributed by atoms with van der Waals surface area (Å²) in [4.78, 5) is 22.7. The van der Waals surface area contributed by atoms with Crippen molar-refractivity contribution in [1.29, 1.82) is 0 Å². The van der Waals surface area contributed by atoms with E-state index in [2.05, 4.69) is 9.97 Å². The number of rotatable bonds is 5. The van der Waals surface area contributed by atoms with Crippen molar-refractivity contribution in [1.82, 2.24) is 14.5 Å². The second-order valence-electron chi connectivity index (χ2n) is 10.3. The molecule has 0 saturated heterocycles. The van der Waals surface area contributed by atoms with Gasteiger partial charge in [-0.3, -0.25) is 14.3 Å². The molecule has 1 aromatic carbocycles. The summed E-state index contributed by atoms with van der Waals surface area (Å²) in [6, 6.07) is 13.7. The molecule has 1 saturated carbocycles. The summed E-state index contributed by atoms with van der Waals surface area (Å²) in [7, 11) is 0. The molecule has 7 heteroatoms. The number of alkyl halides is 2. The van der Waals surface area contributed by atoms with Crippen molar-refractivity contribution in [2.45, 2.75) is 70.8 Å². The molecule has 3 aromatic heterocycles. The highest BCUT2D eigenvalue weighted by atomic mass is 19.3. The van der Waals surface area contributed by atoms with E-state index in [0.29, 0.717) is 11.2 Å². The summed E-state index contributed by atoms with van der Waals surface area (Å²) in [5.74, 6) is -3.14. The smallest absolute Gasteiger partial charge is 0.272 e. The van der Waals surface area contributed by atoms with Gasteiger partial charge in [0.2, 0.25) is 0 Å². The van der Waals surface area contributed by atoms with Crippen LogP contribution in [0.3, 0.4) is 0 Å². The van der Waals surface area contributed by atoms with Crippen LogP contribution >= 0.6 is 0 Å². The number of pyridine rings is 3. The van der Waals surface area contributed by atoms with Crippen LogP contribution in [0.15, 0.2) is 59.5 Å². The van der Waals surface area contributed by atoms with Gasteiger partial charge < -0.3 is 0 Å². The highest BCUT2D eigenvalue weighted by Crippen LogP contribution is 2.42. The Kier molecular flexibility index (Phi) is 6.65. The second-order valence-corrected chi connectivity index (χ2v) is 10.3. The fourth-order valence-electron chi connectivity index (χ4n) is 5.77. The Morgan fingerprint density at radius 3 is 2.43 bits per heavy atom. The van der Waals surface area contributed by atoms with E-state index in [1.54, 1.807) is 6.07 Å². The van der Waals surface area contributed by atoms with Crippen LogP contribution in [0.1, 0.15) is 78.1 Å². The summed E-state index contributed by atoms with van der Waals surface area (Å²) in [6.07, 6.45) is 4.53. The highest BCUT2D eigenvalue weighted by molar-refractivity contribution is 5.76. The van der Waals surface area contributed by atoms with Gasteiger partial charge in [0.1, 0.15) is 11.5 Å². The third-order valence-electron chi connectivity index (χ3n) is 7.62. The second kappa shape index (κ2) is 9.77. The molecule has 4 aromatic rings. The fourth-order valence-corrected chi connectivity index (χ4v) is 5.77. The van der Waals surface area contributed by atoms with E-state index in [9.17, 15) is 18.0 Å². The number of hydrogen-bond acceptors (Lipinski definition) is 3. The minimum absolute atomic E-state index is 0.00333. The SMILES string of the molecule is Cc1ccc2cc([C@H]3CC[C@H](c4c(C)cccc4F)CC3)c(=O)n(Cc3ncccc3C(C)(F)F)c2n1. The highest BCUT2D eigenvalue weighted by Gasteiger charge is 2.30. The average molecular weight is 506 g/mol. The molecule has 192 valence electrons. The first-order chi connectivity index (χ1) is 17.6. The number of aromatic nitrogens is 3. The third-order valence-corrected chi connectivity index (χ3v) is 7.62. The van der Waals surface area contributed by atoms with Gasteiger partial charge in [0.15, 0.2) is 0 Å². The zero-order valence-corrected chi connectivity index (χ0v) is 21.3. The normalized spacial score (nSPS) is 18.3. The predicted molar refractivity (Wildman–Crippen MR) is 139 cm³/mol. The summed E-state index contributed by atoms with van der Waals surface area (Å²) >= 11 is 0. The molecule has 0 radical (unpaired) electrons. The van der Waals surface area contributed by atoms with E-state index in [1.807, 2.05) is 38.1 Å². The summed E-state index contributed by atoms with van der Waals surface area (Å²) in [5.41, 5.74) is 3.30. The van der Waals surface area contributed by atoms with Crippen LogP contribution in [-0.4, -0.2) is 14.5 Å². The first-order valence-corrected chi connectivity index (χ1v) is 12.7. The summed E-state index contributed by atoms with van der Waals surface area (Å²) < 4.78 is 44.7. The van der Waals surface area contributed by atoms with Gasteiger partial charge in [-0.15, -0.1) is 0 Å². The zero-order valence-electron chi connectivity index (χ0n) is 21.3. The first kappa shape index (κ1) is 25.2. The lowest BCUT2D eigenvalue weighted by Gasteiger charge is -2.30. The van der Waals surface area contributed by atoms with Gasteiger partial charge in [0.05, 0.1) is 12.2 Å². The van der Waals surface area contributed by atoms with Gasteiger partial charge in [0, 0.05) is 35.3 Å². The number of halogens is 3. The molecule has 0 spiro atoms. The van der Waals surface area contributed by atoms with Crippen LogP contribution in [0.2, 0.25) is 0 Å². The van der Waals surface area contributed by atoms with Gasteiger partial charge >= 0.3 is 0 Å². The van der Waals surface area contributed by atoms with Crippen molar-refractivity contribution in [3.63, 3.8) is 0 Å². The molecule has 0 bridgehead atoms. The molecule has 5 rings (SSSR count). The van der Waals surface area contributed by atoms with E-state index in [1.165, 1.54) is 29.0 Å². The minimum Gasteiger partial charge on any atom is -0.286 e. The number of aryl methyl sites for hydroxylation is 2. The molecule has 0 atom stereocenters. The largest absolute Gasteiger partial charge is 0.286 e. The van der Waals surface area contributed by atoms with Crippen molar-refractivity contribution in [3.05, 3.63) is 105 Å². The Bertz CT molecular complexity index is 1500. The molecule has 0 aliphatic heterocycles. The van der Waals surface area contributed by atoms with Crippen molar-refractivity contribution in [2.24, 2.45) is 0 Å². The molecule has 4 nitrogen and oxygen atoms in total. The van der Waals surface area contributed by atoms with Crippen LogP contribution in [0.5, 0.6) is 0 Å². The minimum atomic E-state index is -3.09. The third kappa shape index (κ3) is 4.91. The Labute approximate surface area is 214 Å². The average Bonchev–Trinajstić information content (AvgIpc) is 2.86. The fraction of sp³-hybridized carbons (Fsp3) is 0.367. The molecule has 0 N–H and O–H groups in total. The molecular formula is C30H30F3N3O. The maximum atomic E-state index is 14.6. The van der Waals surface area contributed by atoms with Gasteiger partial charge in [-0.2, -0.15) is 0 Å². The topological polar surface area (TPSA) is 47.8 Å². The van der Waals surface area contributed by atoms with Gasteiger partial charge in [-0.1, -0.05) is 12.1 Å². The number of benzene rings is 1. The van der Waals surface area contributed by atoms with E-state index in [4.69, 9.17) is 0 Å². The lowest BCUT2D eigenvalue weighted by atomic mass is 9.75. The number of nitrogens with zero attached hydrogens (tertiary/aromatic N) is 3. The van der Waals surface area contributed by atoms with Crippen LogP contribution in [0.4, 0.5) is 13.2 Å². The van der Waals surface area contributed by atoms with Crippen LogP contribution in [-0.2, 0) is 12.5 Å². The van der Waals surface area contributed by atoms with Crippen LogP contribution in [0, 0.1) is 19.7 Å². The quantitative estimate of drug-likeness (QED) is 0.289. The number of hydrogen-bond donors (Lipinski definition) is 0. The van der Waals surface area contributed by atoms with Crippen molar-refractivity contribution >= 4 is 11.0 Å². The van der Waals surface area contributed by atoms with Crippen molar-refractivity contribution < 1.29 is 13.2 Å². The first-order valence-electron chi connectivity index (χ1n) is 12.7. The molecule has 1 fully saturated rings. The van der Waals surface area contributed by atoms with Crippen molar-refractivity contribution in [2.75, 3.05) is 0 Å². The Morgan fingerprint density at radius 2 is 1.73 bits per heavy atom. The van der Waals surface area contributed by atoms with Gasteiger partial charge in [-0.25, -0.2) is 18.2 Å². The van der Waals surface area contributed by atoms with Gasteiger partial charge in [-0.05, 0) is 98.9 Å². The van der Waals surface area contributed by atoms with Gasteiger partial charge in [0.25, 0.3) is 11.5 Å². The maximum Gasteiger partial charge on any atom is 0.272 e. The molecular weight excluding hydrogens is 475 g/mol. The van der Waals surface area contributed by atoms with Crippen molar-refractivity contribution in [3.8, 4) is 0 Å². The monoisotopic (exact) mass is 505 g/mol. The van der Waals surface area contributed by atoms with E-state index in [0.717, 1.165) is 54.8 Å². The molecule has 0 amide bonds. The molecule has 1 aliphatic rings. The molecule has 37 heavy (non-hydrogen) atoms. The predicted octanol–water partition coefficient (Wildman–Crippen LogP) is 7.15. The molecule has 0 unspecified atom stereocenters. The molecule has 1 aliphatic carbocycles. The number of fused-ring (bicyclic) bond motifs is 1. The molecule has 3 heterocycles. The maximum absolute atomic E-state index is 14.6. The van der Waals surface area contributed by atoms with E-state index >= 15 is 0 Å². The lowest BCUT2D eigenvalue weighted by Crippen LogP contribution is -2.29. The standard InChI is InChI=1S/C30H30F3N3O/c1-18-6-4-8-25(31)27(18)21-13-11-20(12-14-21)23-16-22-10-9-19(2)35-28(22)36(29(23)37)17-26-24(30(3,32)33)7-5-15-34-26/h4-10,15-16,20-21H,11-14,17H2,1-3H3/t20-,21-. The summed E-state index contributed by atoms with van der Waals surface area (Å²) in [6.45, 7) is 4.51. The van der Waals surface area contributed by atoms with Crippen LogP contribution in [0.25, 0.3) is 11.0 Å². The Balaban J connectivity index is 1.53.